The predicted molar refractivity (Wildman–Crippen MR) is 101 cm³/mol. The first-order valence-corrected chi connectivity index (χ1v) is 9.47. The number of nitrogens with one attached hydrogen (secondary N) is 1. The van der Waals surface area contributed by atoms with Crippen molar-refractivity contribution in [3.05, 3.63) is 23.8 Å². The Labute approximate surface area is 163 Å². The van der Waals surface area contributed by atoms with Gasteiger partial charge in [-0.25, -0.2) is 0 Å². The van der Waals surface area contributed by atoms with E-state index in [2.05, 4.69) is 5.32 Å². The molecule has 1 aromatic carbocycles. The minimum absolute atomic E-state index is 0.119. The van der Waals surface area contributed by atoms with Crippen LogP contribution in [0, 0.1) is 5.41 Å². The van der Waals surface area contributed by atoms with E-state index in [0.717, 1.165) is 6.42 Å². The predicted octanol–water partition coefficient (Wildman–Crippen LogP) is 1.68. The maximum atomic E-state index is 12.9. The molecule has 8 heteroatoms. The standard InChI is InChI=1S/C20H26N2O6/c1-27-14-4-5-15(16(12-14)28-2)17(23)22-10-6-13(7-11-22)21-18(24)20(19(25)26)8-3-9-20/h4-5,12-13H,3,6-11H2,1-2H3,(H,21,24)(H,25,26). The number of carbonyl (C=O) groups is 3. The van der Waals surface area contributed by atoms with Crippen LogP contribution in [-0.4, -0.2) is 61.1 Å². The summed E-state index contributed by atoms with van der Waals surface area (Å²) in [6.45, 7) is 0.970. The Morgan fingerprint density at radius 1 is 1.14 bits per heavy atom. The number of likely N-dealkylation sites (tertiary alicyclic amines) is 1. The van der Waals surface area contributed by atoms with Gasteiger partial charge in [0.1, 0.15) is 16.9 Å². The summed E-state index contributed by atoms with van der Waals surface area (Å²) in [5.41, 5.74) is -0.797. The van der Waals surface area contributed by atoms with E-state index in [1.807, 2.05) is 0 Å². The lowest BCUT2D eigenvalue weighted by Gasteiger charge is -2.39. The quantitative estimate of drug-likeness (QED) is 0.716. The Balaban J connectivity index is 1.59. The highest BCUT2D eigenvalue weighted by Crippen LogP contribution is 2.41. The smallest absolute Gasteiger partial charge is 0.319 e. The molecule has 2 fully saturated rings. The molecule has 0 bridgehead atoms. The zero-order valence-electron chi connectivity index (χ0n) is 16.2. The van der Waals surface area contributed by atoms with Gasteiger partial charge >= 0.3 is 5.97 Å². The normalized spacial score (nSPS) is 18.7. The van der Waals surface area contributed by atoms with E-state index in [1.54, 1.807) is 30.2 Å². The Hall–Kier alpha value is -2.77. The minimum atomic E-state index is -1.26. The molecule has 0 spiro atoms. The molecule has 1 heterocycles. The topological polar surface area (TPSA) is 105 Å². The van der Waals surface area contributed by atoms with Crippen molar-refractivity contribution in [1.29, 1.82) is 0 Å². The second kappa shape index (κ2) is 8.08. The molecule has 28 heavy (non-hydrogen) atoms. The van der Waals surface area contributed by atoms with E-state index in [4.69, 9.17) is 9.47 Å². The average Bonchev–Trinajstić information content (AvgIpc) is 2.66. The van der Waals surface area contributed by atoms with E-state index < -0.39 is 17.3 Å². The van der Waals surface area contributed by atoms with Crippen molar-refractivity contribution < 1.29 is 29.0 Å². The van der Waals surface area contributed by atoms with Crippen LogP contribution in [0.15, 0.2) is 18.2 Å². The SMILES string of the molecule is COc1ccc(C(=O)N2CCC(NC(=O)C3(C(=O)O)CCC3)CC2)c(OC)c1. The number of carboxylic acids is 1. The fraction of sp³-hybridized carbons (Fsp3) is 0.550. The summed E-state index contributed by atoms with van der Waals surface area (Å²) in [6, 6.07) is 4.95. The third-order valence-electron chi connectivity index (χ3n) is 5.81. The monoisotopic (exact) mass is 390 g/mol. The number of ether oxygens (including phenoxy) is 2. The number of carboxylic acid groups (broad SMARTS) is 1. The van der Waals surface area contributed by atoms with Crippen LogP contribution < -0.4 is 14.8 Å². The molecule has 0 atom stereocenters. The molecule has 3 rings (SSSR count). The number of methoxy groups -OCH3 is 2. The van der Waals surface area contributed by atoms with E-state index in [1.165, 1.54) is 7.11 Å². The molecule has 2 amide bonds. The number of hydrogen-bond acceptors (Lipinski definition) is 5. The fourth-order valence-electron chi connectivity index (χ4n) is 3.76. The molecular formula is C20H26N2O6. The molecule has 0 unspecified atom stereocenters. The third-order valence-corrected chi connectivity index (χ3v) is 5.81. The highest BCUT2D eigenvalue weighted by atomic mass is 16.5. The lowest BCUT2D eigenvalue weighted by atomic mass is 9.68. The lowest BCUT2D eigenvalue weighted by molar-refractivity contribution is -0.162. The number of amides is 2. The van der Waals surface area contributed by atoms with Crippen LogP contribution in [0.4, 0.5) is 0 Å². The van der Waals surface area contributed by atoms with Crippen molar-refractivity contribution in [2.75, 3.05) is 27.3 Å². The van der Waals surface area contributed by atoms with Gasteiger partial charge < -0.3 is 24.8 Å². The van der Waals surface area contributed by atoms with Crippen molar-refractivity contribution in [2.45, 2.75) is 38.1 Å². The Bertz CT molecular complexity index is 766. The minimum Gasteiger partial charge on any atom is -0.497 e. The molecule has 152 valence electrons. The average molecular weight is 390 g/mol. The number of carbonyl (C=O) groups excluding carboxylic acids is 2. The molecule has 2 N–H and O–H groups in total. The summed E-state index contributed by atoms with van der Waals surface area (Å²) in [4.78, 5) is 38.5. The van der Waals surface area contributed by atoms with Gasteiger partial charge in [-0.15, -0.1) is 0 Å². The molecule has 8 nitrogen and oxygen atoms in total. The van der Waals surface area contributed by atoms with Crippen LogP contribution in [0.25, 0.3) is 0 Å². The highest BCUT2D eigenvalue weighted by Gasteiger charge is 2.51. The zero-order valence-corrected chi connectivity index (χ0v) is 16.2. The van der Waals surface area contributed by atoms with Gasteiger partial charge in [0.25, 0.3) is 5.91 Å². The van der Waals surface area contributed by atoms with Gasteiger partial charge in [0.15, 0.2) is 0 Å². The molecular weight excluding hydrogens is 364 g/mol. The summed E-state index contributed by atoms with van der Waals surface area (Å²) < 4.78 is 10.5. The number of piperidine rings is 1. The van der Waals surface area contributed by atoms with Gasteiger partial charge in [0.05, 0.1) is 19.8 Å². The second-order valence-electron chi connectivity index (χ2n) is 7.35. The Morgan fingerprint density at radius 2 is 1.82 bits per heavy atom. The summed E-state index contributed by atoms with van der Waals surface area (Å²) in [7, 11) is 3.06. The van der Waals surface area contributed by atoms with Crippen LogP contribution in [0.1, 0.15) is 42.5 Å². The Morgan fingerprint density at radius 3 is 2.32 bits per heavy atom. The maximum absolute atomic E-state index is 12.9. The van der Waals surface area contributed by atoms with Crippen molar-refractivity contribution >= 4 is 17.8 Å². The number of benzene rings is 1. The van der Waals surface area contributed by atoms with Crippen LogP contribution in [-0.2, 0) is 9.59 Å². The van der Waals surface area contributed by atoms with Gasteiger partial charge in [0.2, 0.25) is 5.91 Å². The zero-order chi connectivity index (χ0) is 20.3. The summed E-state index contributed by atoms with van der Waals surface area (Å²) in [5.74, 6) is -0.514. The Kier molecular flexibility index (Phi) is 5.76. The highest BCUT2D eigenvalue weighted by molar-refractivity contribution is 6.03. The molecule has 1 aliphatic carbocycles. The van der Waals surface area contributed by atoms with E-state index >= 15 is 0 Å². The van der Waals surface area contributed by atoms with E-state index in [-0.39, 0.29) is 11.9 Å². The lowest BCUT2D eigenvalue weighted by Crippen LogP contribution is -2.55. The number of nitrogens with zero attached hydrogens (tertiary/aromatic N) is 1. The summed E-state index contributed by atoms with van der Waals surface area (Å²) >= 11 is 0. The largest absolute Gasteiger partial charge is 0.497 e. The van der Waals surface area contributed by atoms with Gasteiger partial charge in [-0.05, 0) is 37.8 Å². The molecule has 0 radical (unpaired) electrons. The summed E-state index contributed by atoms with van der Waals surface area (Å²) in [5, 5.41) is 12.3. The molecule has 1 aromatic rings. The molecule has 1 saturated heterocycles. The number of aliphatic carboxylic acids is 1. The maximum Gasteiger partial charge on any atom is 0.319 e. The van der Waals surface area contributed by atoms with Crippen molar-refractivity contribution in [2.24, 2.45) is 5.41 Å². The van der Waals surface area contributed by atoms with Gasteiger partial charge in [-0.1, -0.05) is 6.42 Å². The van der Waals surface area contributed by atoms with Crippen LogP contribution >= 0.6 is 0 Å². The van der Waals surface area contributed by atoms with Crippen molar-refractivity contribution in [3.63, 3.8) is 0 Å². The van der Waals surface area contributed by atoms with Crippen LogP contribution in [0.2, 0.25) is 0 Å². The number of hydrogen-bond donors (Lipinski definition) is 2. The first kappa shape index (κ1) is 20.0. The van der Waals surface area contributed by atoms with Gasteiger partial charge in [-0.3, -0.25) is 14.4 Å². The first-order chi connectivity index (χ1) is 13.4. The molecule has 2 aliphatic rings. The summed E-state index contributed by atoms with van der Waals surface area (Å²) in [6.07, 6.45) is 2.72. The van der Waals surface area contributed by atoms with Gasteiger partial charge in [-0.2, -0.15) is 0 Å². The van der Waals surface area contributed by atoms with Crippen LogP contribution in [0.3, 0.4) is 0 Å². The van der Waals surface area contributed by atoms with E-state index in [9.17, 15) is 19.5 Å². The van der Waals surface area contributed by atoms with Crippen molar-refractivity contribution in [3.8, 4) is 11.5 Å². The molecule has 0 aromatic heterocycles. The van der Waals surface area contributed by atoms with Crippen LogP contribution in [0.5, 0.6) is 11.5 Å². The fourth-order valence-corrected chi connectivity index (χ4v) is 3.76. The van der Waals surface area contributed by atoms with Gasteiger partial charge in [0, 0.05) is 25.2 Å². The van der Waals surface area contributed by atoms with Crippen molar-refractivity contribution in [1.82, 2.24) is 10.2 Å². The second-order valence-corrected chi connectivity index (χ2v) is 7.35. The number of rotatable bonds is 6. The third kappa shape index (κ3) is 3.63. The van der Waals surface area contributed by atoms with E-state index in [0.29, 0.717) is 55.8 Å². The molecule has 1 aliphatic heterocycles. The first-order valence-electron chi connectivity index (χ1n) is 9.47. The molecule has 1 saturated carbocycles.